The van der Waals surface area contributed by atoms with Gasteiger partial charge in [-0.05, 0) is 43.7 Å². The van der Waals surface area contributed by atoms with Crippen LogP contribution in [0.15, 0.2) is 48.5 Å². The summed E-state index contributed by atoms with van der Waals surface area (Å²) in [7, 11) is 3.05. The molecule has 0 aliphatic rings. The lowest BCUT2D eigenvalue weighted by molar-refractivity contribution is -0.155. The van der Waals surface area contributed by atoms with Gasteiger partial charge >= 0.3 is 5.97 Å². The number of nitrogens with one attached hydrogen (secondary N) is 1. The van der Waals surface area contributed by atoms with Gasteiger partial charge < -0.3 is 24.3 Å². The summed E-state index contributed by atoms with van der Waals surface area (Å²) in [6.45, 7) is 3.05. The van der Waals surface area contributed by atoms with Crippen molar-refractivity contribution in [1.29, 1.82) is 0 Å². The average Bonchev–Trinajstić information content (AvgIpc) is 2.72. The number of anilines is 1. The van der Waals surface area contributed by atoms with Gasteiger partial charge in [0.1, 0.15) is 5.75 Å². The lowest BCUT2D eigenvalue weighted by Crippen LogP contribution is -2.31. The number of allylic oxidation sites excluding steroid dienone is 1. The summed E-state index contributed by atoms with van der Waals surface area (Å²) in [4.78, 5) is 24.3. The topological polar surface area (TPSA) is 83.1 Å². The molecule has 29 heavy (non-hydrogen) atoms. The Labute approximate surface area is 170 Å². The Balaban J connectivity index is 1.89. The number of carbonyl (C=O) groups is 2. The first-order valence-electron chi connectivity index (χ1n) is 9.04. The zero-order valence-corrected chi connectivity index (χ0v) is 16.9. The van der Waals surface area contributed by atoms with E-state index in [0.29, 0.717) is 22.9 Å². The van der Waals surface area contributed by atoms with Gasteiger partial charge in [0.05, 0.1) is 14.2 Å². The zero-order valence-electron chi connectivity index (χ0n) is 16.9. The Bertz CT molecular complexity index is 877. The summed E-state index contributed by atoms with van der Waals surface area (Å²) in [5, 5.41) is 2.67. The van der Waals surface area contributed by atoms with Gasteiger partial charge in [0.15, 0.2) is 24.2 Å². The van der Waals surface area contributed by atoms with Crippen molar-refractivity contribution in [3.63, 3.8) is 0 Å². The first-order valence-corrected chi connectivity index (χ1v) is 9.04. The summed E-state index contributed by atoms with van der Waals surface area (Å²) >= 11 is 0. The SMILES string of the molecule is C/C=C/c1ccc(OCC(=O)O[C@H](C)C(=O)Nc2cccc(OC)c2)c(OC)c1. The maximum atomic E-state index is 12.2. The summed E-state index contributed by atoms with van der Waals surface area (Å²) < 4.78 is 21.0. The maximum Gasteiger partial charge on any atom is 0.344 e. The molecule has 154 valence electrons. The molecule has 0 aliphatic heterocycles. The van der Waals surface area contributed by atoms with Crippen molar-refractivity contribution in [3.05, 3.63) is 54.1 Å². The highest BCUT2D eigenvalue weighted by atomic mass is 16.6. The Morgan fingerprint density at radius 2 is 1.86 bits per heavy atom. The lowest BCUT2D eigenvalue weighted by atomic mass is 10.2. The van der Waals surface area contributed by atoms with Crippen molar-refractivity contribution in [2.75, 3.05) is 26.1 Å². The molecule has 0 saturated heterocycles. The van der Waals surface area contributed by atoms with Crippen LogP contribution in [0.25, 0.3) is 6.08 Å². The maximum absolute atomic E-state index is 12.2. The number of ether oxygens (including phenoxy) is 4. The molecule has 0 heterocycles. The van der Waals surface area contributed by atoms with Crippen molar-refractivity contribution in [3.8, 4) is 17.2 Å². The van der Waals surface area contributed by atoms with Crippen LogP contribution in [0.5, 0.6) is 17.2 Å². The first kappa shape index (κ1) is 21.8. The fraction of sp³-hybridized carbons (Fsp3) is 0.273. The van der Waals surface area contributed by atoms with Crippen LogP contribution < -0.4 is 19.5 Å². The van der Waals surface area contributed by atoms with E-state index in [9.17, 15) is 9.59 Å². The number of benzene rings is 2. The molecule has 7 nitrogen and oxygen atoms in total. The number of methoxy groups -OCH3 is 2. The van der Waals surface area contributed by atoms with E-state index in [4.69, 9.17) is 18.9 Å². The van der Waals surface area contributed by atoms with Gasteiger partial charge in [-0.2, -0.15) is 0 Å². The second-order valence-corrected chi connectivity index (χ2v) is 6.05. The minimum atomic E-state index is -0.990. The molecule has 2 aromatic rings. The molecule has 0 unspecified atom stereocenters. The van der Waals surface area contributed by atoms with Crippen molar-refractivity contribution < 1.29 is 28.5 Å². The molecule has 0 aromatic heterocycles. The third-order valence-corrected chi connectivity index (χ3v) is 3.91. The Morgan fingerprint density at radius 3 is 2.55 bits per heavy atom. The van der Waals surface area contributed by atoms with Crippen LogP contribution in [0.2, 0.25) is 0 Å². The molecule has 0 bridgehead atoms. The van der Waals surface area contributed by atoms with E-state index in [2.05, 4.69) is 5.32 Å². The molecule has 2 aromatic carbocycles. The highest BCUT2D eigenvalue weighted by Crippen LogP contribution is 2.28. The first-order chi connectivity index (χ1) is 14.0. The summed E-state index contributed by atoms with van der Waals surface area (Å²) in [5.41, 5.74) is 1.49. The van der Waals surface area contributed by atoms with Gasteiger partial charge in [-0.3, -0.25) is 4.79 Å². The smallest absolute Gasteiger partial charge is 0.344 e. The van der Waals surface area contributed by atoms with Gasteiger partial charge in [-0.25, -0.2) is 4.79 Å². The zero-order chi connectivity index (χ0) is 21.2. The Hall–Kier alpha value is -3.48. The molecule has 2 rings (SSSR count). The summed E-state index contributed by atoms with van der Waals surface area (Å²) in [5.74, 6) is 0.386. The van der Waals surface area contributed by atoms with Crippen LogP contribution in [-0.2, 0) is 14.3 Å². The number of hydrogen-bond donors (Lipinski definition) is 1. The third-order valence-electron chi connectivity index (χ3n) is 3.91. The molecule has 1 N–H and O–H groups in total. The highest BCUT2D eigenvalue weighted by Gasteiger charge is 2.19. The van der Waals surface area contributed by atoms with Crippen molar-refractivity contribution in [1.82, 2.24) is 0 Å². The molecule has 0 spiro atoms. The standard InChI is InChI=1S/C22H25NO6/c1-5-7-16-10-11-19(20(12-16)27-4)28-14-21(24)29-15(2)22(25)23-17-8-6-9-18(13-17)26-3/h5-13,15H,14H2,1-4H3,(H,23,25)/b7-5+/t15-/m1/s1. The third kappa shape index (κ3) is 6.57. The largest absolute Gasteiger partial charge is 0.497 e. The molecule has 1 atom stereocenters. The molecule has 7 heteroatoms. The fourth-order valence-corrected chi connectivity index (χ4v) is 2.47. The molecular weight excluding hydrogens is 374 g/mol. The van der Waals surface area contributed by atoms with E-state index in [1.54, 1.807) is 36.4 Å². The predicted octanol–water partition coefficient (Wildman–Crippen LogP) is 3.69. The van der Waals surface area contributed by atoms with E-state index >= 15 is 0 Å². The number of carbonyl (C=O) groups excluding carboxylic acids is 2. The number of rotatable bonds is 9. The molecule has 1 amide bonds. The normalized spacial score (nSPS) is 11.6. The van der Waals surface area contributed by atoms with Crippen LogP contribution in [-0.4, -0.2) is 38.8 Å². The van der Waals surface area contributed by atoms with Gasteiger partial charge in [-0.15, -0.1) is 0 Å². The van der Waals surface area contributed by atoms with Crippen molar-refractivity contribution >= 4 is 23.6 Å². The predicted molar refractivity (Wildman–Crippen MR) is 110 cm³/mol. The van der Waals surface area contributed by atoms with E-state index in [-0.39, 0.29) is 6.61 Å². The van der Waals surface area contributed by atoms with Crippen LogP contribution in [0.4, 0.5) is 5.69 Å². The molecule has 0 radical (unpaired) electrons. The molecular formula is C22H25NO6. The molecule has 0 saturated carbocycles. The number of amides is 1. The Kier molecular flexibility index (Phi) is 8.09. The highest BCUT2D eigenvalue weighted by molar-refractivity contribution is 5.95. The minimum absolute atomic E-state index is 0.351. The summed E-state index contributed by atoms with van der Waals surface area (Å²) in [6, 6.07) is 12.2. The fourth-order valence-electron chi connectivity index (χ4n) is 2.47. The van der Waals surface area contributed by atoms with Gasteiger partial charge in [0.2, 0.25) is 0 Å². The lowest BCUT2D eigenvalue weighted by Gasteiger charge is -2.15. The van der Waals surface area contributed by atoms with E-state index in [1.165, 1.54) is 21.1 Å². The van der Waals surface area contributed by atoms with Crippen LogP contribution >= 0.6 is 0 Å². The average molecular weight is 399 g/mol. The quantitative estimate of drug-likeness (QED) is 0.648. The van der Waals surface area contributed by atoms with E-state index in [1.807, 2.05) is 25.1 Å². The van der Waals surface area contributed by atoms with Gasteiger partial charge in [-0.1, -0.05) is 24.3 Å². The van der Waals surface area contributed by atoms with Crippen LogP contribution in [0, 0.1) is 0 Å². The Morgan fingerprint density at radius 1 is 1.07 bits per heavy atom. The second-order valence-electron chi connectivity index (χ2n) is 6.05. The molecule has 0 aliphatic carbocycles. The van der Waals surface area contributed by atoms with Gasteiger partial charge in [0.25, 0.3) is 5.91 Å². The van der Waals surface area contributed by atoms with E-state index < -0.39 is 18.0 Å². The van der Waals surface area contributed by atoms with Gasteiger partial charge in [0, 0.05) is 11.8 Å². The van der Waals surface area contributed by atoms with Crippen LogP contribution in [0.1, 0.15) is 19.4 Å². The monoisotopic (exact) mass is 399 g/mol. The van der Waals surface area contributed by atoms with Crippen molar-refractivity contribution in [2.24, 2.45) is 0 Å². The van der Waals surface area contributed by atoms with Crippen molar-refractivity contribution in [2.45, 2.75) is 20.0 Å². The number of hydrogen-bond acceptors (Lipinski definition) is 6. The minimum Gasteiger partial charge on any atom is -0.497 e. The molecule has 0 fully saturated rings. The number of esters is 1. The van der Waals surface area contributed by atoms with Crippen LogP contribution in [0.3, 0.4) is 0 Å². The van der Waals surface area contributed by atoms with E-state index in [0.717, 1.165) is 5.56 Å². The second kappa shape index (κ2) is 10.8. The summed E-state index contributed by atoms with van der Waals surface area (Å²) in [6.07, 6.45) is 2.84.